The normalized spacial score (nSPS) is 14.5. The van der Waals surface area contributed by atoms with E-state index in [1.165, 1.54) is 0 Å². The first-order valence-electron chi connectivity index (χ1n) is 8.10. The average Bonchev–Trinajstić information content (AvgIpc) is 2.93. The van der Waals surface area contributed by atoms with Crippen molar-refractivity contribution in [2.75, 3.05) is 20.2 Å². The Balaban J connectivity index is 1.69. The molecule has 7 heteroatoms. The Morgan fingerprint density at radius 1 is 1.12 bits per heavy atom. The van der Waals surface area contributed by atoms with Crippen LogP contribution < -0.4 is 0 Å². The van der Waals surface area contributed by atoms with Crippen molar-refractivity contribution in [1.29, 1.82) is 0 Å². The summed E-state index contributed by atoms with van der Waals surface area (Å²) in [6.07, 6.45) is -8.29. The van der Waals surface area contributed by atoms with Gasteiger partial charge in [0.25, 0.3) is 0 Å². The van der Waals surface area contributed by atoms with Gasteiger partial charge in [-0.25, -0.2) is 4.79 Å². The zero-order chi connectivity index (χ0) is 18.9. The number of ether oxygens (including phenoxy) is 1. The van der Waals surface area contributed by atoms with Crippen molar-refractivity contribution < 1.29 is 27.8 Å². The summed E-state index contributed by atoms with van der Waals surface area (Å²) in [5.41, 5.74) is 4.15. The molecular formula is C19H18F3NO3. The van der Waals surface area contributed by atoms with Crippen LogP contribution in [0.3, 0.4) is 0 Å². The largest absolute Gasteiger partial charge is 0.448 e. The van der Waals surface area contributed by atoms with E-state index in [1.54, 1.807) is 0 Å². The summed E-state index contributed by atoms with van der Waals surface area (Å²) in [7, 11) is 1.16. The minimum atomic E-state index is -4.78. The molecule has 0 heterocycles. The number of aliphatic hydroxyl groups is 1. The van der Waals surface area contributed by atoms with Gasteiger partial charge in [0.1, 0.15) is 6.61 Å². The zero-order valence-electron chi connectivity index (χ0n) is 14.0. The van der Waals surface area contributed by atoms with Gasteiger partial charge >= 0.3 is 12.3 Å². The molecule has 0 saturated heterocycles. The molecule has 1 aliphatic carbocycles. The van der Waals surface area contributed by atoms with Gasteiger partial charge in [-0.3, -0.25) is 0 Å². The van der Waals surface area contributed by atoms with E-state index in [4.69, 9.17) is 9.84 Å². The second kappa shape index (κ2) is 6.99. The number of aliphatic hydroxyl groups excluding tert-OH is 1. The fourth-order valence-corrected chi connectivity index (χ4v) is 3.14. The SMILES string of the molecule is CN(CC(O)C(F)(F)F)C(=O)OCC1c2ccccc2-c2ccccc21. The first-order chi connectivity index (χ1) is 12.3. The Morgan fingerprint density at radius 2 is 1.62 bits per heavy atom. The summed E-state index contributed by atoms with van der Waals surface area (Å²) in [5.74, 6) is -0.174. The molecule has 2 aromatic rings. The number of carbonyl (C=O) groups is 1. The number of alkyl halides is 3. The molecule has 138 valence electrons. The van der Waals surface area contributed by atoms with Crippen molar-refractivity contribution in [1.82, 2.24) is 4.90 Å². The topological polar surface area (TPSA) is 49.8 Å². The van der Waals surface area contributed by atoms with Crippen molar-refractivity contribution in [2.24, 2.45) is 0 Å². The number of halogens is 3. The molecule has 2 aromatic carbocycles. The molecule has 0 spiro atoms. The number of likely N-dealkylation sites (N-methyl/N-ethyl adjacent to an activating group) is 1. The van der Waals surface area contributed by atoms with Crippen LogP contribution in [0.2, 0.25) is 0 Å². The zero-order valence-corrected chi connectivity index (χ0v) is 14.0. The first-order valence-corrected chi connectivity index (χ1v) is 8.10. The van der Waals surface area contributed by atoms with Crippen LogP contribution in [0.5, 0.6) is 0 Å². The van der Waals surface area contributed by atoms with Crippen molar-refractivity contribution in [3.05, 3.63) is 59.7 Å². The van der Waals surface area contributed by atoms with E-state index in [0.29, 0.717) is 0 Å². The minimum absolute atomic E-state index is 0.0132. The summed E-state index contributed by atoms with van der Waals surface area (Å²) in [6.45, 7) is -0.862. The van der Waals surface area contributed by atoms with Crippen LogP contribution in [0.25, 0.3) is 11.1 Å². The maximum Gasteiger partial charge on any atom is 0.416 e. The van der Waals surface area contributed by atoms with Crippen LogP contribution >= 0.6 is 0 Å². The van der Waals surface area contributed by atoms with E-state index in [2.05, 4.69) is 0 Å². The van der Waals surface area contributed by atoms with Crippen LogP contribution in [-0.2, 0) is 4.74 Å². The number of hydrogen-bond donors (Lipinski definition) is 1. The fraction of sp³-hybridized carbons (Fsp3) is 0.316. The predicted molar refractivity (Wildman–Crippen MR) is 89.8 cm³/mol. The lowest BCUT2D eigenvalue weighted by atomic mass is 9.98. The predicted octanol–water partition coefficient (Wildman–Crippen LogP) is 3.79. The number of amides is 1. The Bertz CT molecular complexity index is 761. The van der Waals surface area contributed by atoms with Gasteiger partial charge < -0.3 is 14.7 Å². The number of benzene rings is 2. The molecule has 1 amide bonds. The van der Waals surface area contributed by atoms with Gasteiger partial charge in [0.15, 0.2) is 6.10 Å². The van der Waals surface area contributed by atoms with E-state index in [9.17, 15) is 18.0 Å². The third kappa shape index (κ3) is 3.53. The van der Waals surface area contributed by atoms with Gasteiger partial charge in [-0.1, -0.05) is 48.5 Å². The van der Waals surface area contributed by atoms with Gasteiger partial charge in [-0.2, -0.15) is 13.2 Å². The monoisotopic (exact) mass is 365 g/mol. The summed E-state index contributed by atoms with van der Waals surface area (Å²) < 4.78 is 42.4. The molecule has 1 N–H and O–H groups in total. The molecular weight excluding hydrogens is 347 g/mol. The number of carbonyl (C=O) groups excluding carboxylic acids is 1. The standard InChI is InChI=1S/C19H18F3NO3/c1-23(10-17(24)19(20,21)22)18(25)26-11-16-14-8-4-2-6-12(14)13-7-3-5-9-15(13)16/h2-9,16-17,24H,10-11H2,1H3. The molecule has 0 aromatic heterocycles. The summed E-state index contributed by atoms with van der Waals surface area (Å²) >= 11 is 0. The Morgan fingerprint density at radius 3 is 2.12 bits per heavy atom. The third-order valence-corrected chi connectivity index (χ3v) is 4.47. The highest BCUT2D eigenvalue weighted by atomic mass is 19.4. The number of fused-ring (bicyclic) bond motifs is 3. The lowest BCUT2D eigenvalue weighted by molar-refractivity contribution is -0.206. The third-order valence-electron chi connectivity index (χ3n) is 4.47. The highest BCUT2D eigenvalue weighted by Crippen LogP contribution is 2.44. The number of rotatable bonds is 4. The van der Waals surface area contributed by atoms with Crippen molar-refractivity contribution in [3.63, 3.8) is 0 Å². The maximum atomic E-state index is 12.4. The average molecular weight is 365 g/mol. The second-order valence-corrected chi connectivity index (χ2v) is 6.24. The molecule has 1 aliphatic rings. The molecule has 1 unspecified atom stereocenters. The highest BCUT2D eigenvalue weighted by molar-refractivity contribution is 5.79. The summed E-state index contributed by atoms with van der Waals surface area (Å²) in [4.78, 5) is 12.7. The van der Waals surface area contributed by atoms with Crippen LogP contribution in [-0.4, -0.2) is 48.6 Å². The van der Waals surface area contributed by atoms with E-state index in [-0.39, 0.29) is 12.5 Å². The van der Waals surface area contributed by atoms with Crippen molar-refractivity contribution in [3.8, 4) is 11.1 Å². The number of nitrogens with zero attached hydrogens (tertiary/aromatic N) is 1. The molecule has 26 heavy (non-hydrogen) atoms. The Hall–Kier alpha value is -2.54. The molecule has 0 radical (unpaired) electrons. The van der Waals surface area contributed by atoms with E-state index in [1.807, 2.05) is 48.5 Å². The van der Waals surface area contributed by atoms with Crippen LogP contribution in [0.15, 0.2) is 48.5 Å². The smallest absolute Gasteiger partial charge is 0.416 e. The maximum absolute atomic E-state index is 12.4. The van der Waals surface area contributed by atoms with Gasteiger partial charge in [0, 0.05) is 13.0 Å². The first kappa shape index (κ1) is 18.3. The molecule has 0 fully saturated rings. The van der Waals surface area contributed by atoms with Gasteiger partial charge in [0.05, 0.1) is 6.54 Å². The minimum Gasteiger partial charge on any atom is -0.448 e. The number of hydrogen-bond acceptors (Lipinski definition) is 3. The van der Waals surface area contributed by atoms with E-state index < -0.39 is 24.9 Å². The quantitative estimate of drug-likeness (QED) is 0.897. The molecule has 3 rings (SSSR count). The molecule has 0 saturated carbocycles. The molecule has 0 aliphatic heterocycles. The lowest BCUT2D eigenvalue weighted by Crippen LogP contribution is -2.42. The van der Waals surface area contributed by atoms with Crippen LogP contribution in [0.1, 0.15) is 17.0 Å². The summed E-state index contributed by atoms with van der Waals surface area (Å²) in [5, 5.41) is 9.07. The van der Waals surface area contributed by atoms with Crippen molar-refractivity contribution in [2.45, 2.75) is 18.2 Å². The van der Waals surface area contributed by atoms with Crippen molar-refractivity contribution >= 4 is 6.09 Å². The summed E-state index contributed by atoms with van der Waals surface area (Å²) in [6, 6.07) is 15.5. The molecule has 4 nitrogen and oxygen atoms in total. The van der Waals surface area contributed by atoms with Crippen LogP contribution in [0, 0.1) is 0 Å². The van der Waals surface area contributed by atoms with Crippen LogP contribution in [0.4, 0.5) is 18.0 Å². The van der Waals surface area contributed by atoms with Gasteiger partial charge in [-0.05, 0) is 22.3 Å². The fourth-order valence-electron chi connectivity index (χ4n) is 3.14. The highest BCUT2D eigenvalue weighted by Gasteiger charge is 2.39. The lowest BCUT2D eigenvalue weighted by Gasteiger charge is -2.23. The van der Waals surface area contributed by atoms with Gasteiger partial charge in [0.2, 0.25) is 0 Å². The van der Waals surface area contributed by atoms with E-state index in [0.717, 1.165) is 34.2 Å². The Labute approximate surface area is 148 Å². The Kier molecular flexibility index (Phi) is 4.91. The van der Waals surface area contributed by atoms with Gasteiger partial charge in [-0.15, -0.1) is 0 Å². The molecule has 1 atom stereocenters. The van der Waals surface area contributed by atoms with E-state index >= 15 is 0 Å². The second-order valence-electron chi connectivity index (χ2n) is 6.24. The molecule has 0 bridgehead atoms.